The molecule has 2 aromatic carbocycles. The van der Waals surface area contributed by atoms with Crippen molar-refractivity contribution in [3.05, 3.63) is 76.8 Å². The van der Waals surface area contributed by atoms with E-state index in [0.717, 1.165) is 24.9 Å². The molecular weight excluding hydrogens is 438 g/mol. The van der Waals surface area contributed by atoms with Crippen molar-refractivity contribution >= 4 is 27.7 Å². The predicted molar refractivity (Wildman–Crippen MR) is 131 cm³/mol. The molecule has 0 heterocycles. The van der Waals surface area contributed by atoms with Crippen molar-refractivity contribution in [3.63, 3.8) is 0 Å². The molecule has 3 rings (SSSR count). The molecule has 0 aromatic heterocycles. The van der Waals surface area contributed by atoms with E-state index in [9.17, 15) is 0 Å². The van der Waals surface area contributed by atoms with Crippen LogP contribution < -0.4 is 0 Å². The molecule has 0 aliphatic heterocycles. The van der Waals surface area contributed by atoms with Gasteiger partial charge in [0, 0.05) is 15.9 Å². The Bertz CT molecular complexity index is 760. The van der Waals surface area contributed by atoms with Gasteiger partial charge in [0.15, 0.2) is 0 Å². The van der Waals surface area contributed by atoms with Gasteiger partial charge < -0.3 is 4.90 Å². The Morgan fingerprint density at radius 3 is 2.45 bits per heavy atom. The second kappa shape index (κ2) is 12.0. The van der Waals surface area contributed by atoms with Gasteiger partial charge in [-0.15, -0.1) is 11.8 Å². The van der Waals surface area contributed by atoms with E-state index in [-0.39, 0.29) is 0 Å². The lowest BCUT2D eigenvalue weighted by molar-refractivity contribution is 0.234. The molecule has 0 saturated heterocycles. The summed E-state index contributed by atoms with van der Waals surface area (Å²) in [6.45, 7) is 6.63. The SMILES string of the molecule is C=C1[C@H](CCCCCSc2ccccc2Br)C[C@H]1CCN(C)Cc1ccccc1. The minimum absolute atomic E-state index is 0.754. The first-order valence-corrected chi connectivity index (χ1v) is 12.7. The maximum Gasteiger partial charge on any atom is 0.0311 e. The highest BCUT2D eigenvalue weighted by Gasteiger charge is 2.32. The lowest BCUT2D eigenvalue weighted by Crippen LogP contribution is -2.30. The summed E-state index contributed by atoms with van der Waals surface area (Å²) in [5.74, 6) is 2.75. The molecule has 1 aliphatic carbocycles. The fourth-order valence-electron chi connectivity index (χ4n) is 4.19. The van der Waals surface area contributed by atoms with Crippen LogP contribution in [0.15, 0.2) is 76.1 Å². The van der Waals surface area contributed by atoms with Gasteiger partial charge in [-0.25, -0.2) is 0 Å². The van der Waals surface area contributed by atoms with Gasteiger partial charge in [-0.3, -0.25) is 0 Å². The fraction of sp³-hybridized carbons (Fsp3) is 0.462. The molecule has 29 heavy (non-hydrogen) atoms. The first-order valence-electron chi connectivity index (χ1n) is 10.9. The van der Waals surface area contributed by atoms with Crippen LogP contribution in [0.1, 0.15) is 44.1 Å². The van der Waals surface area contributed by atoms with Crippen LogP contribution in [0, 0.1) is 11.8 Å². The summed E-state index contributed by atoms with van der Waals surface area (Å²) in [6, 6.07) is 19.3. The van der Waals surface area contributed by atoms with Crippen molar-refractivity contribution in [2.24, 2.45) is 11.8 Å². The first kappa shape index (κ1) is 22.7. The highest BCUT2D eigenvalue weighted by molar-refractivity contribution is 9.10. The average molecular weight is 473 g/mol. The number of hydrogen-bond acceptors (Lipinski definition) is 2. The number of rotatable bonds is 12. The van der Waals surface area contributed by atoms with Crippen LogP contribution in [0.5, 0.6) is 0 Å². The Morgan fingerprint density at radius 1 is 0.966 bits per heavy atom. The van der Waals surface area contributed by atoms with Crippen molar-refractivity contribution in [1.29, 1.82) is 0 Å². The quantitative estimate of drug-likeness (QED) is 0.176. The monoisotopic (exact) mass is 471 g/mol. The Morgan fingerprint density at radius 2 is 1.69 bits per heavy atom. The number of halogens is 1. The molecule has 0 amide bonds. The molecule has 1 aliphatic rings. The molecule has 2 atom stereocenters. The molecule has 0 unspecified atom stereocenters. The number of nitrogens with zero attached hydrogens (tertiary/aromatic N) is 1. The van der Waals surface area contributed by atoms with Crippen molar-refractivity contribution in [1.82, 2.24) is 4.90 Å². The minimum atomic E-state index is 0.754. The Labute approximate surface area is 190 Å². The molecule has 0 radical (unpaired) electrons. The van der Waals surface area contributed by atoms with Crippen molar-refractivity contribution in [2.75, 3.05) is 19.3 Å². The summed E-state index contributed by atoms with van der Waals surface area (Å²) in [5, 5.41) is 0. The summed E-state index contributed by atoms with van der Waals surface area (Å²) in [5.41, 5.74) is 2.93. The molecule has 0 bridgehead atoms. The van der Waals surface area contributed by atoms with E-state index in [1.807, 2.05) is 11.8 Å². The molecule has 2 aromatic rings. The van der Waals surface area contributed by atoms with Gasteiger partial charge in [-0.2, -0.15) is 0 Å². The number of allylic oxidation sites excluding steroid dienone is 1. The van der Waals surface area contributed by atoms with Crippen LogP contribution in [0.3, 0.4) is 0 Å². The topological polar surface area (TPSA) is 3.24 Å². The summed E-state index contributed by atoms with van der Waals surface area (Å²) in [4.78, 5) is 3.80. The van der Waals surface area contributed by atoms with Gasteiger partial charge in [0.2, 0.25) is 0 Å². The smallest absolute Gasteiger partial charge is 0.0311 e. The highest BCUT2D eigenvalue weighted by atomic mass is 79.9. The van der Waals surface area contributed by atoms with E-state index in [1.165, 1.54) is 64.8 Å². The van der Waals surface area contributed by atoms with Crippen molar-refractivity contribution in [3.8, 4) is 0 Å². The molecule has 156 valence electrons. The van der Waals surface area contributed by atoms with E-state index < -0.39 is 0 Å². The van der Waals surface area contributed by atoms with E-state index in [0.29, 0.717) is 0 Å². The second-order valence-electron chi connectivity index (χ2n) is 8.34. The van der Waals surface area contributed by atoms with Gasteiger partial charge in [-0.1, -0.05) is 67.5 Å². The number of hydrogen-bond donors (Lipinski definition) is 0. The van der Waals surface area contributed by atoms with Gasteiger partial charge in [0.1, 0.15) is 0 Å². The molecule has 1 fully saturated rings. The standard InChI is InChI=1S/C26H34BrNS/c1-21-23(13-7-4-10-18-29-26-15-9-8-14-25(26)27)19-24(21)16-17-28(2)20-22-11-5-3-6-12-22/h3,5-6,8-9,11-12,14-15,23-24H,1,4,7,10,13,16-20H2,2H3/t23-,24-/m1/s1. The third kappa shape index (κ3) is 7.31. The number of thioether (sulfide) groups is 1. The predicted octanol–water partition coefficient (Wildman–Crippen LogP) is 7.82. The van der Waals surface area contributed by atoms with Gasteiger partial charge >= 0.3 is 0 Å². The molecule has 3 heteroatoms. The molecule has 0 spiro atoms. The van der Waals surface area contributed by atoms with Gasteiger partial charge in [0.25, 0.3) is 0 Å². The lowest BCUT2D eigenvalue weighted by Gasteiger charge is -2.39. The van der Waals surface area contributed by atoms with Crippen LogP contribution >= 0.6 is 27.7 Å². The van der Waals surface area contributed by atoms with Crippen LogP contribution in [-0.2, 0) is 6.54 Å². The molecule has 1 nitrogen and oxygen atoms in total. The zero-order valence-electron chi connectivity index (χ0n) is 17.7. The van der Waals surface area contributed by atoms with Gasteiger partial charge in [0.05, 0.1) is 0 Å². The molecular formula is C26H34BrNS. The maximum absolute atomic E-state index is 4.42. The zero-order chi connectivity index (χ0) is 20.5. The van der Waals surface area contributed by atoms with Crippen LogP contribution in [-0.4, -0.2) is 24.2 Å². The fourth-order valence-corrected chi connectivity index (χ4v) is 5.77. The summed E-state index contributed by atoms with van der Waals surface area (Å²) >= 11 is 5.60. The van der Waals surface area contributed by atoms with Gasteiger partial charge in [-0.05, 0) is 90.5 Å². The summed E-state index contributed by atoms with van der Waals surface area (Å²) in [6.07, 6.45) is 7.96. The average Bonchev–Trinajstić information content (AvgIpc) is 2.73. The third-order valence-corrected chi connectivity index (χ3v) is 8.18. The first-order chi connectivity index (χ1) is 14.1. The Hall–Kier alpha value is -1.03. The van der Waals surface area contributed by atoms with Crippen molar-refractivity contribution in [2.45, 2.75) is 50.0 Å². The van der Waals surface area contributed by atoms with E-state index in [2.05, 4.69) is 89.1 Å². The van der Waals surface area contributed by atoms with E-state index in [1.54, 1.807) is 0 Å². The van der Waals surface area contributed by atoms with E-state index >= 15 is 0 Å². The number of benzene rings is 2. The molecule has 0 N–H and O–H groups in total. The number of unbranched alkanes of at least 4 members (excludes halogenated alkanes) is 2. The Balaban J connectivity index is 1.22. The van der Waals surface area contributed by atoms with E-state index in [4.69, 9.17) is 0 Å². The minimum Gasteiger partial charge on any atom is -0.302 e. The lowest BCUT2D eigenvalue weighted by atomic mass is 9.67. The van der Waals surface area contributed by atoms with Crippen molar-refractivity contribution < 1.29 is 0 Å². The van der Waals surface area contributed by atoms with Crippen LogP contribution in [0.4, 0.5) is 0 Å². The largest absolute Gasteiger partial charge is 0.302 e. The normalized spacial score (nSPS) is 18.8. The molecule has 1 saturated carbocycles. The highest BCUT2D eigenvalue weighted by Crippen LogP contribution is 2.43. The second-order valence-corrected chi connectivity index (χ2v) is 10.3. The Kier molecular flexibility index (Phi) is 9.36. The summed E-state index contributed by atoms with van der Waals surface area (Å²) < 4.78 is 1.22. The van der Waals surface area contributed by atoms with Crippen LogP contribution in [0.2, 0.25) is 0 Å². The maximum atomic E-state index is 4.42. The summed E-state index contributed by atoms with van der Waals surface area (Å²) in [7, 11) is 2.23. The third-order valence-electron chi connectivity index (χ3n) is 6.06. The zero-order valence-corrected chi connectivity index (χ0v) is 20.1. The van der Waals surface area contributed by atoms with Crippen LogP contribution in [0.25, 0.3) is 0 Å².